The summed E-state index contributed by atoms with van der Waals surface area (Å²) in [6.07, 6.45) is 7.46. The standard InChI is InChI=1S/C21H27FN2O2/c22-18-6-4-16(5-7-18)17-8-11-23(13-17)20(26)14-24-15-21(12-19(24)25)9-2-1-3-10-21/h4-7,17H,1-3,8-15H2/t17-/m0/s1. The summed E-state index contributed by atoms with van der Waals surface area (Å²) >= 11 is 0. The quantitative estimate of drug-likeness (QED) is 0.832. The molecule has 0 radical (unpaired) electrons. The number of nitrogens with zero attached hydrogens (tertiary/aromatic N) is 2. The number of amides is 2. The van der Waals surface area contributed by atoms with Crippen molar-refractivity contribution in [1.82, 2.24) is 9.80 Å². The minimum absolute atomic E-state index is 0.0517. The summed E-state index contributed by atoms with van der Waals surface area (Å²) in [5.41, 5.74) is 1.22. The smallest absolute Gasteiger partial charge is 0.242 e. The van der Waals surface area contributed by atoms with Crippen LogP contribution in [-0.4, -0.2) is 47.8 Å². The lowest BCUT2D eigenvalue weighted by molar-refractivity contribution is -0.137. The van der Waals surface area contributed by atoms with Crippen molar-refractivity contribution >= 4 is 11.8 Å². The Morgan fingerprint density at radius 3 is 2.62 bits per heavy atom. The van der Waals surface area contributed by atoms with Crippen molar-refractivity contribution in [2.45, 2.75) is 50.9 Å². The predicted molar refractivity (Wildman–Crippen MR) is 97.1 cm³/mol. The molecule has 3 aliphatic rings. The second-order valence-corrected chi connectivity index (χ2v) is 8.36. The molecule has 1 atom stereocenters. The van der Waals surface area contributed by atoms with Gasteiger partial charge in [0.05, 0.1) is 6.54 Å². The largest absolute Gasteiger partial charge is 0.341 e. The average molecular weight is 358 g/mol. The van der Waals surface area contributed by atoms with Gasteiger partial charge in [-0.3, -0.25) is 9.59 Å². The van der Waals surface area contributed by atoms with Crippen molar-refractivity contribution in [3.05, 3.63) is 35.6 Å². The molecular formula is C21H27FN2O2. The maximum Gasteiger partial charge on any atom is 0.242 e. The minimum Gasteiger partial charge on any atom is -0.341 e. The van der Waals surface area contributed by atoms with Crippen molar-refractivity contribution < 1.29 is 14.0 Å². The zero-order valence-corrected chi connectivity index (χ0v) is 15.3. The fourth-order valence-electron chi connectivity index (χ4n) is 5.02. The molecule has 5 heteroatoms. The van der Waals surface area contributed by atoms with E-state index in [2.05, 4.69) is 0 Å². The Labute approximate surface area is 154 Å². The van der Waals surface area contributed by atoms with Gasteiger partial charge in [-0.25, -0.2) is 4.39 Å². The summed E-state index contributed by atoms with van der Waals surface area (Å²) in [5.74, 6) is 0.229. The highest BCUT2D eigenvalue weighted by Crippen LogP contribution is 2.44. The van der Waals surface area contributed by atoms with Crippen molar-refractivity contribution in [2.24, 2.45) is 5.41 Å². The Kier molecular flexibility index (Phi) is 4.72. The van der Waals surface area contributed by atoms with Gasteiger partial charge < -0.3 is 9.80 Å². The van der Waals surface area contributed by atoms with Crippen LogP contribution in [0.15, 0.2) is 24.3 Å². The first-order valence-electron chi connectivity index (χ1n) is 9.86. The van der Waals surface area contributed by atoms with Gasteiger partial charge in [0.1, 0.15) is 5.82 Å². The third-order valence-corrected chi connectivity index (χ3v) is 6.53. The van der Waals surface area contributed by atoms with Gasteiger partial charge in [-0.15, -0.1) is 0 Å². The molecule has 1 aliphatic carbocycles. The van der Waals surface area contributed by atoms with Crippen LogP contribution in [0.3, 0.4) is 0 Å². The molecule has 2 aliphatic heterocycles. The second-order valence-electron chi connectivity index (χ2n) is 8.36. The van der Waals surface area contributed by atoms with Crippen LogP contribution in [0, 0.1) is 11.2 Å². The summed E-state index contributed by atoms with van der Waals surface area (Å²) in [6, 6.07) is 6.58. The molecule has 4 rings (SSSR count). The fourth-order valence-corrected chi connectivity index (χ4v) is 5.02. The maximum atomic E-state index is 13.1. The molecule has 2 amide bonds. The van der Waals surface area contributed by atoms with Crippen LogP contribution in [0.25, 0.3) is 0 Å². The molecule has 0 bridgehead atoms. The molecular weight excluding hydrogens is 331 g/mol. The molecule has 140 valence electrons. The number of benzene rings is 1. The predicted octanol–water partition coefficient (Wildman–Crippen LogP) is 3.32. The molecule has 4 nitrogen and oxygen atoms in total. The fraction of sp³-hybridized carbons (Fsp3) is 0.619. The Balaban J connectivity index is 1.34. The van der Waals surface area contributed by atoms with E-state index in [4.69, 9.17) is 0 Å². The van der Waals surface area contributed by atoms with Crippen LogP contribution < -0.4 is 0 Å². The molecule has 0 N–H and O–H groups in total. The van der Waals surface area contributed by atoms with Crippen molar-refractivity contribution in [3.8, 4) is 0 Å². The molecule has 1 spiro atoms. The van der Waals surface area contributed by atoms with Crippen LogP contribution in [0.5, 0.6) is 0 Å². The van der Waals surface area contributed by atoms with Gasteiger partial charge in [-0.2, -0.15) is 0 Å². The normalized spacial score (nSPS) is 25.3. The number of likely N-dealkylation sites (tertiary alicyclic amines) is 2. The van der Waals surface area contributed by atoms with Crippen LogP contribution in [0.4, 0.5) is 4.39 Å². The van der Waals surface area contributed by atoms with Crippen LogP contribution in [0.1, 0.15) is 56.4 Å². The zero-order valence-electron chi connectivity index (χ0n) is 15.3. The Morgan fingerprint density at radius 1 is 1.15 bits per heavy atom. The first kappa shape index (κ1) is 17.5. The van der Waals surface area contributed by atoms with E-state index in [0.717, 1.165) is 31.4 Å². The van der Waals surface area contributed by atoms with E-state index >= 15 is 0 Å². The summed E-state index contributed by atoms with van der Waals surface area (Å²) < 4.78 is 13.1. The van der Waals surface area contributed by atoms with Gasteiger partial charge in [0.25, 0.3) is 0 Å². The van der Waals surface area contributed by atoms with E-state index in [1.165, 1.54) is 31.4 Å². The van der Waals surface area contributed by atoms with Gasteiger partial charge in [-0.1, -0.05) is 31.4 Å². The van der Waals surface area contributed by atoms with Crippen molar-refractivity contribution in [2.75, 3.05) is 26.2 Å². The van der Waals surface area contributed by atoms with E-state index in [1.807, 2.05) is 17.0 Å². The van der Waals surface area contributed by atoms with Gasteiger partial charge in [0.15, 0.2) is 0 Å². The lowest BCUT2D eigenvalue weighted by Crippen LogP contribution is -2.40. The Bertz CT molecular complexity index is 682. The highest BCUT2D eigenvalue weighted by atomic mass is 19.1. The number of hydrogen-bond donors (Lipinski definition) is 0. The van der Waals surface area contributed by atoms with E-state index in [1.54, 1.807) is 4.90 Å². The Morgan fingerprint density at radius 2 is 1.88 bits per heavy atom. The van der Waals surface area contributed by atoms with Gasteiger partial charge >= 0.3 is 0 Å². The highest BCUT2D eigenvalue weighted by molar-refractivity contribution is 5.86. The topological polar surface area (TPSA) is 40.6 Å². The monoisotopic (exact) mass is 358 g/mol. The second kappa shape index (κ2) is 7.01. The summed E-state index contributed by atoms with van der Waals surface area (Å²) in [4.78, 5) is 28.8. The third-order valence-electron chi connectivity index (χ3n) is 6.53. The Hall–Kier alpha value is -1.91. The molecule has 26 heavy (non-hydrogen) atoms. The first-order chi connectivity index (χ1) is 12.5. The number of halogens is 1. The van der Waals surface area contributed by atoms with Gasteiger partial charge in [0, 0.05) is 32.0 Å². The third kappa shape index (κ3) is 3.49. The van der Waals surface area contributed by atoms with Gasteiger partial charge in [-0.05, 0) is 42.4 Å². The molecule has 3 fully saturated rings. The van der Waals surface area contributed by atoms with E-state index in [9.17, 15) is 14.0 Å². The SMILES string of the molecule is O=C(CN1CC2(CCCCC2)CC1=O)N1CC[C@H](c2ccc(F)cc2)C1. The van der Waals surface area contributed by atoms with Crippen LogP contribution >= 0.6 is 0 Å². The first-order valence-corrected chi connectivity index (χ1v) is 9.86. The van der Waals surface area contributed by atoms with Crippen molar-refractivity contribution in [3.63, 3.8) is 0 Å². The molecule has 2 saturated heterocycles. The molecule has 1 saturated carbocycles. The average Bonchev–Trinajstić information content (AvgIpc) is 3.22. The number of carbonyl (C=O) groups excluding carboxylic acids is 2. The van der Waals surface area contributed by atoms with E-state index < -0.39 is 0 Å². The number of rotatable bonds is 3. The molecule has 2 heterocycles. The summed E-state index contributed by atoms with van der Waals surface area (Å²) in [7, 11) is 0. The molecule has 0 unspecified atom stereocenters. The lowest BCUT2D eigenvalue weighted by atomic mass is 9.73. The number of carbonyl (C=O) groups is 2. The number of hydrogen-bond acceptors (Lipinski definition) is 2. The molecule has 1 aromatic carbocycles. The lowest BCUT2D eigenvalue weighted by Gasteiger charge is -2.32. The summed E-state index contributed by atoms with van der Waals surface area (Å²) in [5, 5.41) is 0. The van der Waals surface area contributed by atoms with E-state index in [0.29, 0.717) is 19.5 Å². The zero-order chi connectivity index (χ0) is 18.1. The highest BCUT2D eigenvalue weighted by Gasteiger charge is 2.44. The molecule has 1 aromatic rings. The minimum atomic E-state index is -0.233. The van der Waals surface area contributed by atoms with Gasteiger partial charge in [0.2, 0.25) is 11.8 Å². The van der Waals surface area contributed by atoms with Crippen LogP contribution in [0.2, 0.25) is 0 Å². The maximum absolute atomic E-state index is 13.1. The van der Waals surface area contributed by atoms with Crippen LogP contribution in [-0.2, 0) is 9.59 Å². The molecule has 0 aromatic heterocycles. The van der Waals surface area contributed by atoms with Crippen molar-refractivity contribution in [1.29, 1.82) is 0 Å². The van der Waals surface area contributed by atoms with E-state index in [-0.39, 0.29) is 35.5 Å². The summed E-state index contributed by atoms with van der Waals surface area (Å²) in [6.45, 7) is 2.36.